The molecule has 3 rings (SSSR count). The van der Waals surface area contributed by atoms with Gasteiger partial charge in [0.25, 0.3) is 0 Å². The molecule has 2 aliphatic rings. The van der Waals surface area contributed by atoms with Gasteiger partial charge >= 0.3 is 17.9 Å². The summed E-state index contributed by atoms with van der Waals surface area (Å²) in [5.74, 6) is 0.616. The Balaban J connectivity index is 1.80. The minimum atomic E-state index is -1.08. The predicted molar refractivity (Wildman–Crippen MR) is 138 cm³/mol. The van der Waals surface area contributed by atoms with Gasteiger partial charge in [-0.1, -0.05) is 32.0 Å². The van der Waals surface area contributed by atoms with Crippen LogP contribution in [0.3, 0.4) is 0 Å². The quantitative estimate of drug-likeness (QED) is 0.260. The monoisotopic (exact) mass is 500 g/mol. The van der Waals surface area contributed by atoms with Crippen LogP contribution in [-0.2, 0) is 23.9 Å². The van der Waals surface area contributed by atoms with E-state index in [1.165, 1.54) is 6.42 Å². The molecule has 0 heterocycles. The highest BCUT2D eigenvalue weighted by Gasteiger charge is 2.51. The minimum absolute atomic E-state index is 0.0778. The maximum atomic E-state index is 13.8. The van der Waals surface area contributed by atoms with Gasteiger partial charge in [0.2, 0.25) is 0 Å². The normalized spacial score (nSPS) is 23.3. The number of rotatable bonds is 11. The average Bonchev–Trinajstić information content (AvgIpc) is 3.40. The minimum Gasteiger partial charge on any atom is -0.465 e. The molecular formula is C30H44O6. The molecule has 0 amide bonds. The summed E-state index contributed by atoms with van der Waals surface area (Å²) in [6, 6.07) is 8.91. The maximum absolute atomic E-state index is 13.8. The van der Waals surface area contributed by atoms with Crippen molar-refractivity contribution in [1.82, 2.24) is 0 Å². The molecule has 200 valence electrons. The maximum Gasteiger partial charge on any atom is 0.316 e. The number of hydrogen-bond acceptors (Lipinski definition) is 6. The number of benzene rings is 1. The molecule has 4 atom stereocenters. The number of carbonyl (C=O) groups excluding carboxylic acids is 3. The van der Waals surface area contributed by atoms with Crippen molar-refractivity contribution in [3.8, 4) is 5.75 Å². The summed E-state index contributed by atoms with van der Waals surface area (Å²) in [5.41, 5.74) is -3.01. The summed E-state index contributed by atoms with van der Waals surface area (Å²) in [4.78, 5) is 40.0. The van der Waals surface area contributed by atoms with Gasteiger partial charge in [0.1, 0.15) is 11.9 Å². The molecule has 0 aliphatic heterocycles. The van der Waals surface area contributed by atoms with Crippen LogP contribution in [0, 0.1) is 34.0 Å². The van der Waals surface area contributed by atoms with E-state index in [0.717, 1.165) is 19.3 Å². The Hall–Kier alpha value is -2.37. The standard InChI is InChI=1S/C30H44O6/c1-20(2)17-34-25(31)28(3,4)18-30(7,27(33)36-24-16-21-13-14-22(24)15-21)19-29(5,6)26(32)35-23-11-9-8-10-12-23/h8-12,20-22,24H,13-19H2,1-7H3. The van der Waals surface area contributed by atoms with Crippen LogP contribution in [0.25, 0.3) is 0 Å². The molecule has 1 aromatic rings. The van der Waals surface area contributed by atoms with E-state index in [9.17, 15) is 14.4 Å². The van der Waals surface area contributed by atoms with Crippen molar-refractivity contribution >= 4 is 17.9 Å². The highest BCUT2D eigenvalue weighted by molar-refractivity contribution is 5.83. The van der Waals surface area contributed by atoms with E-state index >= 15 is 0 Å². The Morgan fingerprint density at radius 2 is 1.47 bits per heavy atom. The van der Waals surface area contributed by atoms with E-state index in [0.29, 0.717) is 24.2 Å². The Morgan fingerprint density at radius 1 is 0.861 bits per heavy atom. The van der Waals surface area contributed by atoms with Gasteiger partial charge < -0.3 is 14.2 Å². The number of fused-ring (bicyclic) bond motifs is 2. The lowest BCUT2D eigenvalue weighted by Gasteiger charge is -2.39. The van der Waals surface area contributed by atoms with Gasteiger partial charge in [0.15, 0.2) is 0 Å². The zero-order valence-electron chi connectivity index (χ0n) is 23.1. The highest BCUT2D eigenvalue weighted by Crippen LogP contribution is 2.49. The van der Waals surface area contributed by atoms with E-state index in [4.69, 9.17) is 14.2 Å². The highest BCUT2D eigenvalue weighted by atomic mass is 16.6. The van der Waals surface area contributed by atoms with Gasteiger partial charge in [-0.25, -0.2) is 0 Å². The number of carbonyl (C=O) groups is 3. The van der Waals surface area contributed by atoms with E-state index in [1.54, 1.807) is 52.0 Å². The van der Waals surface area contributed by atoms with Crippen molar-refractivity contribution in [2.24, 2.45) is 34.0 Å². The van der Waals surface area contributed by atoms with Gasteiger partial charge in [-0.2, -0.15) is 0 Å². The first-order valence-electron chi connectivity index (χ1n) is 13.4. The van der Waals surface area contributed by atoms with Crippen LogP contribution in [0.4, 0.5) is 0 Å². The fraction of sp³-hybridized carbons (Fsp3) is 0.700. The number of esters is 3. The molecule has 2 bridgehead atoms. The SMILES string of the molecule is CC(C)COC(=O)C(C)(C)CC(C)(CC(C)(C)C(=O)Oc1ccccc1)C(=O)OC1CC2CCC1C2. The summed E-state index contributed by atoms with van der Waals surface area (Å²) >= 11 is 0. The van der Waals surface area contributed by atoms with Crippen molar-refractivity contribution in [2.45, 2.75) is 93.1 Å². The van der Waals surface area contributed by atoms with Crippen molar-refractivity contribution in [2.75, 3.05) is 6.61 Å². The third-order valence-electron chi connectivity index (χ3n) is 7.70. The molecule has 0 N–H and O–H groups in total. The molecule has 0 spiro atoms. The molecule has 2 aliphatic carbocycles. The Bertz CT molecular complexity index is 934. The van der Waals surface area contributed by atoms with E-state index in [-0.39, 0.29) is 36.8 Å². The van der Waals surface area contributed by atoms with Crippen LogP contribution in [0.15, 0.2) is 30.3 Å². The first-order valence-corrected chi connectivity index (χ1v) is 13.4. The molecule has 4 unspecified atom stereocenters. The molecule has 1 aromatic carbocycles. The number of hydrogen-bond donors (Lipinski definition) is 0. The molecule has 0 saturated heterocycles. The summed E-state index contributed by atoms with van der Waals surface area (Å²) in [6.45, 7) is 13.3. The van der Waals surface area contributed by atoms with Crippen molar-refractivity contribution < 1.29 is 28.6 Å². The Morgan fingerprint density at radius 3 is 2.00 bits per heavy atom. The lowest BCUT2D eigenvalue weighted by atomic mass is 9.66. The summed E-state index contributed by atoms with van der Waals surface area (Å²) < 4.78 is 17.3. The molecule has 2 fully saturated rings. The molecule has 0 radical (unpaired) electrons. The van der Waals surface area contributed by atoms with Crippen LogP contribution in [-0.4, -0.2) is 30.6 Å². The second-order valence-electron chi connectivity index (χ2n) is 13.0. The molecule has 6 nitrogen and oxygen atoms in total. The fourth-order valence-corrected chi connectivity index (χ4v) is 6.08. The molecule has 36 heavy (non-hydrogen) atoms. The van der Waals surface area contributed by atoms with E-state index < -0.39 is 22.2 Å². The zero-order chi connectivity index (χ0) is 26.7. The van der Waals surface area contributed by atoms with Gasteiger partial charge in [-0.05, 0) is 103 Å². The van der Waals surface area contributed by atoms with Crippen LogP contribution >= 0.6 is 0 Å². The van der Waals surface area contributed by atoms with Crippen molar-refractivity contribution in [3.05, 3.63) is 30.3 Å². The van der Waals surface area contributed by atoms with Crippen molar-refractivity contribution in [1.29, 1.82) is 0 Å². The molecule has 6 heteroatoms. The molecule has 0 aromatic heterocycles. The van der Waals surface area contributed by atoms with Crippen LogP contribution in [0.5, 0.6) is 5.75 Å². The van der Waals surface area contributed by atoms with Crippen molar-refractivity contribution in [3.63, 3.8) is 0 Å². The first kappa shape index (κ1) is 28.2. The molecular weight excluding hydrogens is 456 g/mol. The molecule has 2 saturated carbocycles. The van der Waals surface area contributed by atoms with Crippen LogP contribution in [0.2, 0.25) is 0 Å². The smallest absolute Gasteiger partial charge is 0.316 e. The third-order valence-corrected chi connectivity index (χ3v) is 7.70. The number of para-hydroxylation sites is 1. The fourth-order valence-electron chi connectivity index (χ4n) is 6.08. The Kier molecular flexibility index (Phi) is 8.57. The summed E-state index contributed by atoms with van der Waals surface area (Å²) in [7, 11) is 0. The predicted octanol–water partition coefficient (Wildman–Crippen LogP) is 6.36. The first-order chi connectivity index (χ1) is 16.7. The van der Waals surface area contributed by atoms with Crippen LogP contribution < -0.4 is 4.74 Å². The zero-order valence-corrected chi connectivity index (χ0v) is 23.1. The summed E-state index contributed by atoms with van der Waals surface area (Å²) in [6.07, 6.45) is 4.66. The van der Waals surface area contributed by atoms with E-state index in [2.05, 4.69) is 0 Å². The van der Waals surface area contributed by atoms with Gasteiger partial charge in [0.05, 0.1) is 22.9 Å². The third kappa shape index (κ3) is 6.89. The van der Waals surface area contributed by atoms with E-state index in [1.807, 2.05) is 26.8 Å². The largest absolute Gasteiger partial charge is 0.465 e. The summed E-state index contributed by atoms with van der Waals surface area (Å²) in [5, 5.41) is 0. The second-order valence-corrected chi connectivity index (χ2v) is 13.0. The Labute approximate surface area is 216 Å². The lowest BCUT2D eigenvalue weighted by Crippen LogP contribution is -2.45. The van der Waals surface area contributed by atoms with Gasteiger partial charge in [-0.15, -0.1) is 0 Å². The van der Waals surface area contributed by atoms with Crippen LogP contribution in [0.1, 0.15) is 87.0 Å². The lowest BCUT2D eigenvalue weighted by molar-refractivity contribution is -0.172. The average molecular weight is 501 g/mol. The second kappa shape index (κ2) is 10.9. The van der Waals surface area contributed by atoms with Gasteiger partial charge in [0, 0.05) is 0 Å². The number of ether oxygens (including phenoxy) is 3. The van der Waals surface area contributed by atoms with Gasteiger partial charge in [-0.3, -0.25) is 14.4 Å². The topological polar surface area (TPSA) is 78.9 Å².